The molecular weight excluding hydrogens is 569 g/mol. The van der Waals surface area contributed by atoms with Crippen LogP contribution in [-0.2, 0) is 20.2 Å². The van der Waals surface area contributed by atoms with Crippen molar-refractivity contribution in [2.24, 2.45) is 0 Å². The maximum Gasteiger partial charge on any atom is 0.268 e. The number of morpholine rings is 1. The zero-order chi connectivity index (χ0) is 30.8. The maximum absolute atomic E-state index is 14.2. The number of carbonyl (C=O) groups is 1. The number of sulfonamides is 1. The molecule has 5 rings (SSSR count). The lowest BCUT2D eigenvalue weighted by Crippen LogP contribution is -2.41. The number of nitrogens with zero attached hydrogens (tertiary/aromatic N) is 2. The van der Waals surface area contributed by atoms with Crippen LogP contribution in [0.3, 0.4) is 0 Å². The Hall–Kier alpha value is -4.24. The summed E-state index contributed by atoms with van der Waals surface area (Å²) in [5, 5.41) is 12.9. The molecule has 4 aromatic rings. The summed E-state index contributed by atoms with van der Waals surface area (Å²) < 4.78 is 48.8. The van der Waals surface area contributed by atoms with Gasteiger partial charge in [-0.2, -0.15) is 5.26 Å². The molecule has 2 heterocycles. The lowest BCUT2D eigenvalue weighted by atomic mass is 9.87. The van der Waals surface area contributed by atoms with Gasteiger partial charge < -0.3 is 15.0 Å². The van der Waals surface area contributed by atoms with Crippen LogP contribution in [0.5, 0.6) is 0 Å². The average molecular weight is 604 g/mol. The van der Waals surface area contributed by atoms with Gasteiger partial charge in [0, 0.05) is 48.3 Å². The van der Waals surface area contributed by atoms with Crippen LogP contribution in [0.2, 0.25) is 0 Å². The lowest BCUT2D eigenvalue weighted by molar-refractivity contribution is 0.0383. The molecule has 1 aromatic heterocycles. The number of hydrogen-bond acceptors (Lipinski definition) is 6. The summed E-state index contributed by atoms with van der Waals surface area (Å²) in [7, 11) is -3.92. The van der Waals surface area contributed by atoms with Gasteiger partial charge in [-0.1, -0.05) is 39.0 Å². The van der Waals surface area contributed by atoms with Crippen LogP contribution >= 0.6 is 0 Å². The number of rotatable bonds is 8. The Morgan fingerprint density at radius 1 is 1.07 bits per heavy atom. The summed E-state index contributed by atoms with van der Waals surface area (Å²) in [5.74, 6) is -1.04. The summed E-state index contributed by atoms with van der Waals surface area (Å²) in [6.45, 7) is 10.1. The molecule has 1 fully saturated rings. The molecule has 0 atom stereocenters. The van der Waals surface area contributed by atoms with Crippen molar-refractivity contribution in [1.82, 2.24) is 15.2 Å². The highest BCUT2D eigenvalue weighted by molar-refractivity contribution is 7.92. The first-order valence-electron chi connectivity index (χ1n) is 14.0. The van der Waals surface area contributed by atoms with E-state index in [2.05, 4.69) is 40.7 Å². The first kappa shape index (κ1) is 30.2. The number of halogens is 1. The molecule has 11 heteroatoms. The van der Waals surface area contributed by atoms with Crippen LogP contribution in [0.15, 0.2) is 65.6 Å². The molecule has 0 saturated carbocycles. The fraction of sp³-hybridized carbons (Fsp3) is 0.312. The molecule has 9 nitrogen and oxygen atoms in total. The van der Waals surface area contributed by atoms with Crippen molar-refractivity contribution in [1.29, 1.82) is 5.26 Å². The highest BCUT2D eigenvalue weighted by Gasteiger charge is 2.23. The van der Waals surface area contributed by atoms with Gasteiger partial charge in [0.05, 0.1) is 23.7 Å². The third kappa shape index (κ3) is 6.72. The topological polar surface area (TPSA) is 127 Å². The second-order valence-corrected chi connectivity index (χ2v) is 13.2. The molecule has 224 valence electrons. The third-order valence-electron chi connectivity index (χ3n) is 7.50. The smallest absolute Gasteiger partial charge is 0.268 e. The van der Waals surface area contributed by atoms with Gasteiger partial charge in [-0.25, -0.2) is 12.8 Å². The van der Waals surface area contributed by atoms with Crippen molar-refractivity contribution in [3.8, 4) is 17.2 Å². The highest BCUT2D eigenvalue weighted by atomic mass is 32.2. The molecule has 43 heavy (non-hydrogen) atoms. The van der Waals surface area contributed by atoms with Gasteiger partial charge in [-0.15, -0.1) is 0 Å². The number of carbonyl (C=O) groups excluding carboxylic acids is 1. The fourth-order valence-corrected chi connectivity index (χ4v) is 6.13. The van der Waals surface area contributed by atoms with Crippen LogP contribution in [0.1, 0.15) is 42.4 Å². The Morgan fingerprint density at radius 3 is 2.47 bits per heavy atom. The monoisotopic (exact) mass is 603 g/mol. The quantitative estimate of drug-likeness (QED) is 0.260. The van der Waals surface area contributed by atoms with Crippen LogP contribution < -0.4 is 10.0 Å². The first-order valence-corrected chi connectivity index (χ1v) is 15.5. The molecule has 0 unspecified atom stereocenters. The van der Waals surface area contributed by atoms with E-state index in [1.807, 2.05) is 6.07 Å². The van der Waals surface area contributed by atoms with Gasteiger partial charge in [-0.3, -0.25) is 14.4 Å². The molecule has 1 aliphatic heterocycles. The van der Waals surface area contributed by atoms with Crippen molar-refractivity contribution >= 4 is 32.5 Å². The lowest BCUT2D eigenvalue weighted by Gasteiger charge is -2.26. The highest BCUT2D eigenvalue weighted by Crippen LogP contribution is 2.35. The van der Waals surface area contributed by atoms with Crippen molar-refractivity contribution in [2.75, 3.05) is 44.1 Å². The van der Waals surface area contributed by atoms with E-state index in [4.69, 9.17) is 4.74 Å². The van der Waals surface area contributed by atoms with Crippen molar-refractivity contribution in [3.05, 3.63) is 83.3 Å². The second kappa shape index (κ2) is 12.2. The SMILES string of the molecule is CC(C)(C)c1ccc(S(=O)(=O)Nc2ccc3[nH]c(C(=O)NCCN4CCOCC4)c(-c4ccc(F)c(C#N)c4)c3c2)cc1. The van der Waals surface area contributed by atoms with Crippen LogP contribution in [0, 0.1) is 17.1 Å². The Kier molecular flexibility index (Phi) is 8.55. The van der Waals surface area contributed by atoms with Crippen LogP contribution in [-0.4, -0.2) is 63.6 Å². The van der Waals surface area contributed by atoms with E-state index in [1.165, 1.54) is 18.2 Å². The van der Waals surface area contributed by atoms with Gasteiger partial charge in [-0.05, 0) is 59.0 Å². The minimum absolute atomic E-state index is 0.118. The molecule has 3 aromatic carbocycles. The number of anilines is 1. The van der Waals surface area contributed by atoms with Crippen LogP contribution in [0.25, 0.3) is 22.0 Å². The Labute approximate surface area is 250 Å². The third-order valence-corrected chi connectivity index (χ3v) is 8.90. The molecule has 1 aliphatic rings. The number of fused-ring (bicyclic) bond motifs is 1. The maximum atomic E-state index is 14.2. The second-order valence-electron chi connectivity index (χ2n) is 11.5. The summed E-state index contributed by atoms with van der Waals surface area (Å²) >= 11 is 0. The van der Waals surface area contributed by atoms with Crippen molar-refractivity contribution in [2.45, 2.75) is 31.1 Å². The molecule has 0 aliphatic carbocycles. The molecule has 1 amide bonds. The van der Waals surface area contributed by atoms with E-state index in [-0.39, 0.29) is 33.2 Å². The number of hydrogen-bond donors (Lipinski definition) is 3. The fourth-order valence-electron chi connectivity index (χ4n) is 5.08. The normalized spacial score (nSPS) is 14.4. The van der Waals surface area contributed by atoms with E-state index >= 15 is 0 Å². The predicted molar refractivity (Wildman–Crippen MR) is 164 cm³/mol. The number of ether oxygens (including phenoxy) is 1. The summed E-state index contributed by atoms with van der Waals surface area (Å²) in [4.78, 5) is 18.9. The standard InChI is InChI=1S/C32H34FN5O4S/c1-32(2,3)23-5-8-25(9-6-23)43(40,41)37-24-7-11-28-26(19-24)29(21-4-10-27(33)22(18-21)20-34)30(36-28)31(39)35-12-13-38-14-16-42-17-15-38/h4-11,18-19,36-37H,12-17H2,1-3H3,(H,35,39). The number of amides is 1. The molecular formula is C32H34FN5O4S. The van der Waals surface area contributed by atoms with Crippen molar-refractivity contribution in [3.63, 3.8) is 0 Å². The zero-order valence-electron chi connectivity index (χ0n) is 24.3. The Bertz CT molecular complexity index is 1800. The zero-order valence-corrected chi connectivity index (χ0v) is 25.1. The first-order chi connectivity index (χ1) is 20.5. The number of aromatic amines is 1. The van der Waals surface area contributed by atoms with Gasteiger partial charge in [0.25, 0.3) is 15.9 Å². The van der Waals surface area contributed by atoms with Crippen molar-refractivity contribution < 1.29 is 22.3 Å². The average Bonchev–Trinajstić information content (AvgIpc) is 3.36. The summed E-state index contributed by atoms with van der Waals surface area (Å²) in [5.41, 5.74) is 2.70. The summed E-state index contributed by atoms with van der Waals surface area (Å²) in [6.07, 6.45) is 0. The number of H-pyrrole nitrogens is 1. The molecule has 1 saturated heterocycles. The van der Waals surface area contributed by atoms with Gasteiger partial charge in [0.1, 0.15) is 17.6 Å². The van der Waals surface area contributed by atoms with Gasteiger partial charge in [0.2, 0.25) is 0 Å². The van der Waals surface area contributed by atoms with Gasteiger partial charge >= 0.3 is 0 Å². The van der Waals surface area contributed by atoms with E-state index in [1.54, 1.807) is 42.5 Å². The molecule has 0 bridgehead atoms. The van der Waals surface area contributed by atoms with E-state index in [0.29, 0.717) is 48.3 Å². The largest absolute Gasteiger partial charge is 0.379 e. The molecule has 3 N–H and O–H groups in total. The minimum Gasteiger partial charge on any atom is -0.379 e. The van der Waals surface area contributed by atoms with Crippen LogP contribution in [0.4, 0.5) is 10.1 Å². The Morgan fingerprint density at radius 2 is 1.79 bits per heavy atom. The van der Waals surface area contributed by atoms with E-state index in [0.717, 1.165) is 18.7 Å². The van der Waals surface area contributed by atoms with E-state index < -0.39 is 15.8 Å². The summed E-state index contributed by atoms with van der Waals surface area (Å²) in [6, 6.07) is 17.6. The van der Waals surface area contributed by atoms with Gasteiger partial charge in [0.15, 0.2) is 0 Å². The molecule has 0 radical (unpaired) electrons. The predicted octanol–water partition coefficient (Wildman–Crippen LogP) is 5.01. The minimum atomic E-state index is -3.92. The number of benzene rings is 3. The number of nitrogens with one attached hydrogen (secondary N) is 3. The van der Waals surface area contributed by atoms with E-state index in [9.17, 15) is 22.9 Å². The number of aromatic nitrogens is 1. The Balaban J connectivity index is 1.49. The molecule has 0 spiro atoms. The number of nitriles is 1.